The van der Waals surface area contributed by atoms with E-state index in [9.17, 15) is 9.59 Å². The molecule has 1 aliphatic heterocycles. The fourth-order valence-corrected chi connectivity index (χ4v) is 3.58. The summed E-state index contributed by atoms with van der Waals surface area (Å²) in [5, 5.41) is 2.97. The number of benzene rings is 1. The molecule has 27 heavy (non-hydrogen) atoms. The van der Waals surface area contributed by atoms with Crippen molar-refractivity contribution in [2.45, 2.75) is 25.8 Å². The van der Waals surface area contributed by atoms with Gasteiger partial charge >= 0.3 is 11.8 Å². The number of urea groups is 1. The Morgan fingerprint density at radius 1 is 1.33 bits per heavy atom. The quantitative estimate of drug-likeness (QED) is 0.805. The summed E-state index contributed by atoms with van der Waals surface area (Å²) in [7, 11) is 3.35. The van der Waals surface area contributed by atoms with E-state index in [2.05, 4.69) is 24.1 Å². The van der Waals surface area contributed by atoms with E-state index >= 15 is 0 Å². The molecule has 0 saturated carbocycles. The van der Waals surface area contributed by atoms with Gasteiger partial charge in [0.2, 0.25) is 0 Å². The summed E-state index contributed by atoms with van der Waals surface area (Å²) in [5.74, 6) is -0.363. The lowest BCUT2D eigenvalue weighted by atomic mass is 9.98. The van der Waals surface area contributed by atoms with E-state index in [-0.39, 0.29) is 17.3 Å². The minimum atomic E-state index is -0.363. The molecular weight excluding hydrogens is 348 g/mol. The van der Waals surface area contributed by atoms with Gasteiger partial charge in [0, 0.05) is 58.7 Å². The Morgan fingerprint density at radius 2 is 2.11 bits per heavy atom. The lowest BCUT2D eigenvalue weighted by molar-refractivity contribution is 0.122. The van der Waals surface area contributed by atoms with Crippen LogP contribution in [0.25, 0.3) is 11.1 Å². The zero-order valence-corrected chi connectivity index (χ0v) is 16.4. The van der Waals surface area contributed by atoms with E-state index in [1.165, 1.54) is 4.57 Å². The highest BCUT2D eigenvalue weighted by molar-refractivity contribution is 5.78. The molecule has 0 atom stereocenters. The van der Waals surface area contributed by atoms with E-state index in [0.29, 0.717) is 31.8 Å². The molecule has 2 heterocycles. The van der Waals surface area contributed by atoms with E-state index in [1.54, 1.807) is 14.2 Å². The maximum atomic E-state index is 12.5. The first-order chi connectivity index (χ1) is 12.8. The molecule has 0 spiro atoms. The van der Waals surface area contributed by atoms with Crippen LogP contribution in [0.2, 0.25) is 0 Å². The highest BCUT2D eigenvalue weighted by Crippen LogP contribution is 2.28. The Balaban J connectivity index is 1.69. The second kappa shape index (κ2) is 7.64. The van der Waals surface area contributed by atoms with Gasteiger partial charge in [-0.15, -0.1) is 0 Å². The molecule has 2 aromatic rings. The van der Waals surface area contributed by atoms with E-state index in [4.69, 9.17) is 9.15 Å². The average Bonchev–Trinajstić information content (AvgIpc) is 2.91. The summed E-state index contributed by atoms with van der Waals surface area (Å²) in [6.07, 6.45) is 0.797. The lowest BCUT2D eigenvalue weighted by Crippen LogP contribution is -2.63. The van der Waals surface area contributed by atoms with Gasteiger partial charge in [0.1, 0.15) is 0 Å². The largest absolute Gasteiger partial charge is 0.419 e. The van der Waals surface area contributed by atoms with Gasteiger partial charge in [-0.25, -0.2) is 9.59 Å². The molecule has 8 heteroatoms. The number of carbonyl (C=O) groups excluding carboxylic acids is 1. The van der Waals surface area contributed by atoms with Gasteiger partial charge in [-0.1, -0.05) is 0 Å². The Labute approximate surface area is 158 Å². The number of aromatic nitrogens is 1. The monoisotopic (exact) mass is 376 g/mol. The molecule has 0 bridgehead atoms. The normalized spacial score (nSPS) is 16.7. The third kappa shape index (κ3) is 3.95. The van der Waals surface area contributed by atoms with Crippen LogP contribution in [0, 0.1) is 0 Å². The number of methoxy groups -OCH3 is 1. The number of hydrogen-bond donors (Lipinski definition) is 1. The molecule has 1 aromatic carbocycles. The second-order valence-electron chi connectivity index (χ2n) is 7.54. The number of anilines is 1. The topological polar surface area (TPSA) is 80.0 Å². The number of nitrogens with zero attached hydrogens (tertiary/aromatic N) is 3. The molecule has 148 valence electrons. The first-order valence-corrected chi connectivity index (χ1v) is 9.22. The van der Waals surface area contributed by atoms with Crippen LogP contribution >= 0.6 is 0 Å². The highest BCUT2D eigenvalue weighted by atomic mass is 16.5. The smallest absolute Gasteiger partial charge is 0.408 e. The standard InChI is InChI=1S/C19H28N4O4/c1-19(2)13-22(9-10-23(19)17(24)20-8-5-11-26-4)14-6-7-15-16(12-14)27-18(25)21(15)3/h6-7,12H,5,8-11,13H2,1-4H3,(H,20,24). The van der Waals surface area contributed by atoms with Crippen molar-refractivity contribution in [2.24, 2.45) is 7.05 Å². The number of oxazole rings is 1. The maximum absolute atomic E-state index is 12.5. The van der Waals surface area contributed by atoms with Gasteiger partial charge in [-0.3, -0.25) is 4.57 Å². The van der Waals surface area contributed by atoms with E-state index in [0.717, 1.165) is 24.2 Å². The summed E-state index contributed by atoms with van der Waals surface area (Å²) in [6, 6.07) is 5.75. The Hall–Kier alpha value is -2.48. The molecule has 0 aliphatic carbocycles. The third-order valence-electron chi connectivity index (χ3n) is 5.09. The predicted molar refractivity (Wildman–Crippen MR) is 104 cm³/mol. The van der Waals surface area contributed by atoms with Crippen molar-refractivity contribution in [3.63, 3.8) is 0 Å². The highest BCUT2D eigenvalue weighted by Gasteiger charge is 2.36. The van der Waals surface area contributed by atoms with Crippen molar-refractivity contribution < 1.29 is 13.9 Å². The fraction of sp³-hybridized carbons (Fsp3) is 0.579. The number of ether oxygens (including phenoxy) is 1. The first kappa shape index (κ1) is 19.3. The molecule has 0 unspecified atom stereocenters. The summed E-state index contributed by atoms with van der Waals surface area (Å²) in [4.78, 5) is 28.3. The molecule has 1 aliphatic rings. The van der Waals surface area contributed by atoms with Crippen LogP contribution in [-0.4, -0.2) is 60.9 Å². The van der Waals surface area contributed by atoms with Crippen LogP contribution in [0.3, 0.4) is 0 Å². The number of aryl methyl sites for hydroxylation is 1. The van der Waals surface area contributed by atoms with Gasteiger partial charge in [0.15, 0.2) is 5.58 Å². The van der Waals surface area contributed by atoms with Crippen molar-refractivity contribution in [1.29, 1.82) is 0 Å². The van der Waals surface area contributed by atoms with Gasteiger partial charge < -0.3 is 24.3 Å². The summed E-state index contributed by atoms with van der Waals surface area (Å²) in [5.41, 5.74) is 2.02. The van der Waals surface area contributed by atoms with E-state index in [1.807, 2.05) is 23.1 Å². The Kier molecular flexibility index (Phi) is 5.46. The number of fused-ring (bicyclic) bond motifs is 1. The minimum Gasteiger partial charge on any atom is -0.408 e. The van der Waals surface area contributed by atoms with Crippen LogP contribution in [-0.2, 0) is 11.8 Å². The van der Waals surface area contributed by atoms with Gasteiger partial charge in [0.25, 0.3) is 0 Å². The van der Waals surface area contributed by atoms with Crippen LogP contribution in [0.1, 0.15) is 20.3 Å². The van der Waals surface area contributed by atoms with Crippen molar-refractivity contribution in [1.82, 2.24) is 14.8 Å². The van der Waals surface area contributed by atoms with Gasteiger partial charge in [-0.2, -0.15) is 0 Å². The van der Waals surface area contributed by atoms with E-state index < -0.39 is 0 Å². The zero-order valence-electron chi connectivity index (χ0n) is 16.4. The fourth-order valence-electron chi connectivity index (χ4n) is 3.58. The SMILES string of the molecule is COCCCNC(=O)N1CCN(c2ccc3c(c2)oc(=O)n3C)CC1(C)C. The number of nitrogens with one attached hydrogen (secondary N) is 1. The first-order valence-electron chi connectivity index (χ1n) is 9.22. The molecule has 2 amide bonds. The van der Waals surface area contributed by atoms with Crippen LogP contribution in [0.5, 0.6) is 0 Å². The summed E-state index contributed by atoms with van der Waals surface area (Å²) in [6.45, 7) is 7.41. The molecular formula is C19H28N4O4. The van der Waals surface area contributed by atoms with Crippen LogP contribution < -0.4 is 16.0 Å². The Bertz CT molecular complexity index is 870. The van der Waals surface area contributed by atoms with Crippen molar-refractivity contribution >= 4 is 22.8 Å². The van der Waals surface area contributed by atoms with Crippen molar-refractivity contribution in [3.8, 4) is 0 Å². The maximum Gasteiger partial charge on any atom is 0.419 e. The lowest BCUT2D eigenvalue weighted by Gasteiger charge is -2.47. The number of amides is 2. The minimum absolute atomic E-state index is 0.0414. The Morgan fingerprint density at radius 3 is 2.81 bits per heavy atom. The number of hydrogen-bond acceptors (Lipinski definition) is 5. The molecule has 8 nitrogen and oxygen atoms in total. The number of carbonyl (C=O) groups is 1. The zero-order chi connectivity index (χ0) is 19.6. The average molecular weight is 376 g/mol. The van der Waals surface area contributed by atoms with Gasteiger partial charge in [0.05, 0.1) is 11.1 Å². The molecule has 3 rings (SSSR count). The van der Waals surface area contributed by atoms with Crippen molar-refractivity contribution in [2.75, 3.05) is 44.8 Å². The molecule has 0 radical (unpaired) electrons. The summed E-state index contributed by atoms with van der Waals surface area (Å²) >= 11 is 0. The molecule has 1 fully saturated rings. The molecule has 1 saturated heterocycles. The van der Waals surface area contributed by atoms with Crippen LogP contribution in [0.15, 0.2) is 27.4 Å². The predicted octanol–water partition coefficient (Wildman–Crippen LogP) is 1.78. The summed E-state index contributed by atoms with van der Waals surface area (Å²) < 4.78 is 11.8. The molecule has 1 N–H and O–H groups in total. The van der Waals surface area contributed by atoms with Crippen LogP contribution in [0.4, 0.5) is 10.5 Å². The van der Waals surface area contributed by atoms with Gasteiger partial charge in [-0.05, 0) is 32.4 Å². The molecule has 1 aromatic heterocycles. The second-order valence-corrected chi connectivity index (χ2v) is 7.54. The number of piperazine rings is 1. The van der Waals surface area contributed by atoms with Crippen molar-refractivity contribution in [3.05, 3.63) is 28.7 Å². The third-order valence-corrected chi connectivity index (χ3v) is 5.09. The number of rotatable bonds is 5.